The van der Waals surface area contributed by atoms with Gasteiger partial charge in [0.05, 0.1) is 0 Å². The molecule has 0 amide bonds. The molecule has 0 N–H and O–H groups in total. The van der Waals surface area contributed by atoms with E-state index in [1.54, 1.807) is 6.40 Å². The second-order valence-corrected chi connectivity index (χ2v) is 3.90. The second kappa shape index (κ2) is 3.92. The Balaban J connectivity index is 1.86. The Morgan fingerprint density at radius 2 is 2.06 bits per heavy atom. The van der Waals surface area contributed by atoms with E-state index in [-0.39, 0.29) is 0 Å². The molecule has 1 aromatic carbocycles. The summed E-state index contributed by atoms with van der Waals surface area (Å²) in [6.45, 7) is 2.12. The van der Waals surface area contributed by atoms with Crippen LogP contribution in [0, 0.1) is 0 Å². The van der Waals surface area contributed by atoms with Gasteiger partial charge in [0.2, 0.25) is 0 Å². The van der Waals surface area contributed by atoms with Crippen molar-refractivity contribution in [2.45, 2.75) is 12.8 Å². The maximum atomic E-state index is 5.49. The van der Waals surface area contributed by atoms with Gasteiger partial charge < -0.3 is 0 Å². The molecule has 0 aliphatic carbocycles. The molecule has 0 bridgehead atoms. The Morgan fingerprint density at radius 3 is 2.94 bits per heavy atom. The van der Waals surface area contributed by atoms with Gasteiger partial charge in [0.25, 0.3) is 0 Å². The summed E-state index contributed by atoms with van der Waals surface area (Å²) in [5.74, 6) is 0. The molecule has 5 nitrogen and oxygen atoms in total. The fourth-order valence-corrected chi connectivity index (χ4v) is 1.88. The number of rotatable bonds is 2. The van der Waals surface area contributed by atoms with Crippen molar-refractivity contribution in [3.63, 3.8) is 0 Å². The van der Waals surface area contributed by atoms with Gasteiger partial charge >= 0.3 is 6.40 Å². The summed E-state index contributed by atoms with van der Waals surface area (Å²) in [6.07, 6.45) is 4.20. The Labute approximate surface area is 92.9 Å². The molecule has 0 spiro atoms. The topological polar surface area (TPSA) is 42.9 Å². The molecular weight excluding hydrogens is 204 g/mol. The first-order valence-corrected chi connectivity index (χ1v) is 5.48. The minimum atomic E-state index is 0.845. The highest BCUT2D eigenvalue weighted by Crippen LogP contribution is 2.07. The van der Waals surface area contributed by atoms with Gasteiger partial charge in [-0.3, -0.25) is 4.84 Å². The third-order valence-corrected chi connectivity index (χ3v) is 2.76. The number of benzene rings is 1. The van der Waals surface area contributed by atoms with Crippen LogP contribution in [0.15, 0.2) is 24.3 Å². The van der Waals surface area contributed by atoms with Crippen LogP contribution in [0.2, 0.25) is 0 Å². The average Bonchev–Trinajstić information content (AvgIpc) is 2.96. The van der Waals surface area contributed by atoms with E-state index >= 15 is 0 Å². The zero-order chi connectivity index (χ0) is 10.8. The third-order valence-electron chi connectivity index (χ3n) is 2.76. The predicted octanol–water partition coefficient (Wildman–Crippen LogP) is 0.694. The van der Waals surface area contributed by atoms with Gasteiger partial charge in [-0.15, -0.1) is 5.10 Å². The van der Waals surface area contributed by atoms with Crippen LogP contribution in [0.3, 0.4) is 0 Å². The number of hydrogen-bond acceptors (Lipinski definition) is 3. The van der Waals surface area contributed by atoms with E-state index in [2.05, 4.69) is 14.9 Å². The highest BCUT2D eigenvalue weighted by Gasteiger charge is 2.13. The van der Waals surface area contributed by atoms with Gasteiger partial charge in [0.15, 0.2) is 0 Å². The fraction of sp³-hybridized carbons (Fsp3) is 0.364. The number of fused-ring (bicyclic) bond motifs is 1. The molecular formula is C11H13N4O+. The molecule has 16 heavy (non-hydrogen) atoms. The molecule has 1 saturated heterocycles. The summed E-state index contributed by atoms with van der Waals surface area (Å²) < 4.78 is 2.15. The molecule has 0 atom stereocenters. The SMILES string of the molecule is C(On1nnc2ccccc21)=[N+]1CCCC1. The third kappa shape index (κ3) is 1.64. The predicted molar refractivity (Wildman–Crippen MR) is 59.4 cm³/mol. The summed E-state index contributed by atoms with van der Waals surface area (Å²) in [4.78, 5) is 6.94. The highest BCUT2D eigenvalue weighted by atomic mass is 16.7. The minimum absolute atomic E-state index is 0.845. The highest BCUT2D eigenvalue weighted by molar-refractivity contribution is 5.73. The van der Waals surface area contributed by atoms with Crippen molar-refractivity contribution in [1.82, 2.24) is 15.2 Å². The monoisotopic (exact) mass is 217 g/mol. The van der Waals surface area contributed by atoms with Crippen molar-refractivity contribution >= 4 is 17.4 Å². The van der Waals surface area contributed by atoms with E-state index in [1.807, 2.05) is 24.3 Å². The van der Waals surface area contributed by atoms with Gasteiger partial charge in [0.1, 0.15) is 24.1 Å². The summed E-state index contributed by atoms with van der Waals surface area (Å²) in [6, 6.07) is 7.73. The summed E-state index contributed by atoms with van der Waals surface area (Å²) >= 11 is 0. The van der Waals surface area contributed by atoms with Crippen LogP contribution in [-0.2, 0) is 0 Å². The molecule has 1 aromatic heterocycles. The minimum Gasteiger partial charge on any atom is -0.299 e. The Kier molecular flexibility index (Phi) is 2.29. The van der Waals surface area contributed by atoms with Crippen LogP contribution in [-0.4, -0.2) is 39.2 Å². The quantitative estimate of drug-likeness (QED) is 0.549. The van der Waals surface area contributed by atoms with Crippen LogP contribution in [0.4, 0.5) is 0 Å². The van der Waals surface area contributed by atoms with Crippen molar-refractivity contribution < 1.29 is 9.41 Å². The van der Waals surface area contributed by atoms with Crippen molar-refractivity contribution in [3.05, 3.63) is 24.3 Å². The largest absolute Gasteiger partial charge is 0.351 e. The molecule has 0 radical (unpaired) electrons. The average molecular weight is 217 g/mol. The van der Waals surface area contributed by atoms with E-state index in [1.165, 1.54) is 17.7 Å². The maximum absolute atomic E-state index is 5.49. The van der Waals surface area contributed by atoms with Crippen LogP contribution < -0.4 is 4.84 Å². The lowest BCUT2D eigenvalue weighted by atomic mass is 10.3. The molecule has 82 valence electrons. The molecule has 0 saturated carbocycles. The van der Waals surface area contributed by atoms with Crippen molar-refractivity contribution in [1.29, 1.82) is 0 Å². The molecule has 5 heteroatoms. The summed E-state index contributed by atoms with van der Waals surface area (Å²) in [7, 11) is 0. The molecule has 1 aliphatic heterocycles. The molecule has 0 unspecified atom stereocenters. The fourth-order valence-electron chi connectivity index (χ4n) is 1.88. The lowest BCUT2D eigenvalue weighted by Crippen LogP contribution is -2.19. The molecule has 1 aliphatic rings. The van der Waals surface area contributed by atoms with Crippen molar-refractivity contribution in [2.24, 2.45) is 0 Å². The summed E-state index contributed by atoms with van der Waals surface area (Å²) in [5.41, 5.74) is 1.73. The number of aromatic nitrogens is 3. The van der Waals surface area contributed by atoms with Crippen LogP contribution >= 0.6 is 0 Å². The first-order valence-electron chi connectivity index (χ1n) is 5.48. The lowest BCUT2D eigenvalue weighted by molar-refractivity contribution is -0.509. The van der Waals surface area contributed by atoms with E-state index < -0.39 is 0 Å². The second-order valence-electron chi connectivity index (χ2n) is 3.90. The standard InChI is InChI=1S/C11H13N4O/c1-2-6-11-10(5-1)12-13-15(11)16-9-14-7-3-4-8-14/h1-2,5-6,9H,3-4,7-8H2/q+1. The van der Waals surface area contributed by atoms with Crippen LogP contribution in [0.1, 0.15) is 12.8 Å². The van der Waals surface area contributed by atoms with Crippen molar-refractivity contribution in [3.8, 4) is 0 Å². The van der Waals surface area contributed by atoms with Crippen LogP contribution in [0.5, 0.6) is 0 Å². The van der Waals surface area contributed by atoms with E-state index in [4.69, 9.17) is 4.84 Å². The smallest absolute Gasteiger partial charge is 0.299 e. The van der Waals surface area contributed by atoms with Crippen molar-refractivity contribution in [2.75, 3.05) is 13.1 Å². The van der Waals surface area contributed by atoms with E-state index in [9.17, 15) is 0 Å². The number of hydrogen-bond donors (Lipinski definition) is 0. The van der Waals surface area contributed by atoms with E-state index in [0.717, 1.165) is 24.1 Å². The van der Waals surface area contributed by atoms with Gasteiger partial charge in [0, 0.05) is 12.8 Å². The Bertz CT molecular complexity index is 524. The molecule has 3 rings (SSSR count). The molecule has 1 fully saturated rings. The molecule has 2 heterocycles. The summed E-state index contributed by atoms with van der Waals surface area (Å²) in [5, 5.41) is 7.96. The maximum Gasteiger partial charge on any atom is 0.351 e. The first kappa shape index (κ1) is 9.33. The Morgan fingerprint density at radius 1 is 1.25 bits per heavy atom. The van der Waals surface area contributed by atoms with E-state index in [0.29, 0.717) is 0 Å². The van der Waals surface area contributed by atoms with Crippen LogP contribution in [0.25, 0.3) is 11.0 Å². The van der Waals surface area contributed by atoms with Gasteiger partial charge in [-0.05, 0) is 17.3 Å². The zero-order valence-electron chi connectivity index (χ0n) is 8.91. The number of nitrogens with zero attached hydrogens (tertiary/aromatic N) is 4. The van der Waals surface area contributed by atoms with Gasteiger partial charge in [-0.1, -0.05) is 17.0 Å². The number of para-hydroxylation sites is 1. The Hall–Kier alpha value is -1.91. The normalized spacial score (nSPS) is 15.6. The first-order chi connectivity index (χ1) is 7.93. The lowest BCUT2D eigenvalue weighted by Gasteiger charge is -1.96. The van der Waals surface area contributed by atoms with Gasteiger partial charge in [-0.2, -0.15) is 0 Å². The molecule has 2 aromatic rings. The van der Waals surface area contributed by atoms with Gasteiger partial charge in [-0.25, -0.2) is 4.58 Å². The zero-order valence-corrected chi connectivity index (χ0v) is 8.91.